The second-order valence-corrected chi connectivity index (χ2v) is 5.20. The van der Waals surface area contributed by atoms with Gasteiger partial charge in [-0.2, -0.15) is 0 Å². The number of nitrogens with zero attached hydrogens (tertiary/aromatic N) is 2. The average Bonchev–Trinajstić information content (AvgIpc) is 2.78. The normalized spacial score (nSPS) is 19.4. The fraction of sp³-hybridized carbons (Fsp3) is 0.643. The fourth-order valence-electron chi connectivity index (χ4n) is 2.53. The fourth-order valence-corrected chi connectivity index (χ4v) is 2.53. The lowest BCUT2D eigenvalue weighted by atomic mass is 9.98. The molecule has 2 heterocycles. The maximum Gasteiger partial charge on any atom is 0.310 e. The predicted octanol–water partition coefficient (Wildman–Crippen LogP) is 0.665. The summed E-state index contributed by atoms with van der Waals surface area (Å²) in [6, 6.07) is 1.27. The van der Waals surface area contributed by atoms with Gasteiger partial charge in [-0.05, 0) is 33.2 Å². The molecule has 21 heavy (non-hydrogen) atoms. The Morgan fingerprint density at radius 3 is 2.86 bits per heavy atom. The van der Waals surface area contributed by atoms with Crippen LogP contribution in [0.15, 0.2) is 15.4 Å². The number of likely N-dealkylation sites (tertiary alicyclic amines) is 1. The van der Waals surface area contributed by atoms with Gasteiger partial charge in [0, 0.05) is 12.6 Å². The number of hydrogen-bond acceptors (Lipinski definition) is 6. The molecule has 1 unspecified atom stereocenters. The van der Waals surface area contributed by atoms with Gasteiger partial charge in [-0.3, -0.25) is 19.3 Å². The first-order valence-electron chi connectivity index (χ1n) is 7.13. The molecule has 1 atom stereocenters. The number of esters is 1. The lowest BCUT2D eigenvalue weighted by Gasteiger charge is -2.30. The Morgan fingerprint density at radius 2 is 2.24 bits per heavy atom. The van der Waals surface area contributed by atoms with E-state index in [0.29, 0.717) is 18.9 Å². The molecule has 2 rings (SSSR count). The van der Waals surface area contributed by atoms with Gasteiger partial charge in [0.2, 0.25) is 0 Å². The van der Waals surface area contributed by atoms with Crippen molar-refractivity contribution in [1.82, 2.24) is 9.64 Å². The summed E-state index contributed by atoms with van der Waals surface area (Å²) in [5.74, 6) is -0.448. The molecule has 116 valence electrons. The highest BCUT2D eigenvalue weighted by Crippen LogP contribution is 2.17. The van der Waals surface area contributed by atoms with Crippen molar-refractivity contribution in [2.24, 2.45) is 5.92 Å². The van der Waals surface area contributed by atoms with E-state index >= 15 is 0 Å². The highest BCUT2D eigenvalue weighted by Gasteiger charge is 2.28. The van der Waals surface area contributed by atoms with Crippen molar-refractivity contribution in [2.45, 2.75) is 26.7 Å². The molecular formula is C14H20N2O5. The molecule has 0 bridgehead atoms. The maximum atomic E-state index is 12.1. The van der Waals surface area contributed by atoms with Gasteiger partial charge in [0.05, 0.1) is 19.1 Å². The number of aromatic nitrogens is 1. The van der Waals surface area contributed by atoms with E-state index in [2.05, 4.69) is 0 Å². The van der Waals surface area contributed by atoms with E-state index in [1.54, 1.807) is 13.8 Å². The predicted molar refractivity (Wildman–Crippen MR) is 74.1 cm³/mol. The van der Waals surface area contributed by atoms with Gasteiger partial charge in [-0.15, -0.1) is 4.74 Å². The van der Waals surface area contributed by atoms with Gasteiger partial charge in [0.25, 0.3) is 11.5 Å². The van der Waals surface area contributed by atoms with E-state index in [-0.39, 0.29) is 18.4 Å². The number of ether oxygens (including phenoxy) is 1. The molecule has 0 aliphatic carbocycles. The molecule has 0 aromatic carbocycles. The van der Waals surface area contributed by atoms with Crippen LogP contribution in [0, 0.1) is 12.8 Å². The zero-order valence-electron chi connectivity index (χ0n) is 12.3. The van der Waals surface area contributed by atoms with Gasteiger partial charge in [0.15, 0.2) is 0 Å². The summed E-state index contributed by atoms with van der Waals surface area (Å²) in [4.78, 5) is 37.2. The number of piperidine rings is 1. The molecule has 1 fully saturated rings. The van der Waals surface area contributed by atoms with E-state index in [1.807, 2.05) is 4.90 Å². The number of carbonyl (C=O) groups is 2. The highest BCUT2D eigenvalue weighted by molar-refractivity contribution is 5.79. The number of hydrogen-bond donors (Lipinski definition) is 0. The van der Waals surface area contributed by atoms with Gasteiger partial charge < -0.3 is 9.26 Å². The maximum absolute atomic E-state index is 12.1. The minimum atomic E-state index is -0.462. The van der Waals surface area contributed by atoms with Crippen molar-refractivity contribution >= 4 is 11.9 Å². The first kappa shape index (κ1) is 15.5. The van der Waals surface area contributed by atoms with Crippen molar-refractivity contribution < 1.29 is 18.8 Å². The lowest BCUT2D eigenvalue weighted by molar-refractivity contribution is -0.149. The first-order chi connectivity index (χ1) is 10.0. The Balaban J connectivity index is 1.96. The molecule has 1 aliphatic heterocycles. The smallest absolute Gasteiger partial charge is 0.310 e. The molecule has 1 aliphatic rings. The Hall–Kier alpha value is -1.89. The molecule has 0 amide bonds. The Kier molecular flexibility index (Phi) is 4.95. The standard InChI is InChI=1S/C14H20N2O5/c1-3-20-14(19)11-5-4-6-15(8-11)9-13(18)16-12(17)7-10(2)21-16/h7,11H,3-6,8-9H2,1-2H3. The third kappa shape index (κ3) is 3.81. The molecular weight excluding hydrogens is 276 g/mol. The molecule has 0 spiro atoms. The average molecular weight is 296 g/mol. The van der Waals surface area contributed by atoms with Crippen LogP contribution in [-0.4, -0.2) is 47.8 Å². The third-order valence-electron chi connectivity index (χ3n) is 3.47. The van der Waals surface area contributed by atoms with Crippen molar-refractivity contribution in [3.63, 3.8) is 0 Å². The zero-order valence-corrected chi connectivity index (χ0v) is 12.3. The van der Waals surface area contributed by atoms with E-state index in [9.17, 15) is 14.4 Å². The van der Waals surface area contributed by atoms with Crippen LogP contribution in [0.3, 0.4) is 0 Å². The van der Waals surface area contributed by atoms with Crippen LogP contribution in [0.25, 0.3) is 0 Å². The lowest BCUT2D eigenvalue weighted by Crippen LogP contribution is -2.43. The summed E-state index contributed by atoms with van der Waals surface area (Å²) in [5.41, 5.74) is -0.462. The van der Waals surface area contributed by atoms with E-state index in [4.69, 9.17) is 9.26 Å². The molecule has 1 aromatic rings. The van der Waals surface area contributed by atoms with Gasteiger partial charge in [0.1, 0.15) is 5.76 Å². The molecule has 0 saturated carbocycles. The SMILES string of the molecule is CCOC(=O)C1CCCN(CC(=O)n2oc(C)cc2=O)C1. The molecule has 7 nitrogen and oxygen atoms in total. The van der Waals surface area contributed by atoms with Crippen LogP contribution < -0.4 is 5.56 Å². The van der Waals surface area contributed by atoms with Crippen LogP contribution in [0.2, 0.25) is 0 Å². The minimum absolute atomic E-state index is 0.0583. The number of aryl methyl sites for hydroxylation is 1. The largest absolute Gasteiger partial charge is 0.466 e. The second-order valence-electron chi connectivity index (χ2n) is 5.20. The Bertz CT molecular complexity index is 574. The minimum Gasteiger partial charge on any atom is -0.466 e. The molecule has 0 radical (unpaired) electrons. The van der Waals surface area contributed by atoms with Gasteiger partial charge >= 0.3 is 5.97 Å². The summed E-state index contributed by atoms with van der Waals surface area (Å²) >= 11 is 0. The van der Waals surface area contributed by atoms with Gasteiger partial charge in [-0.1, -0.05) is 0 Å². The number of rotatable bonds is 4. The molecule has 1 aromatic heterocycles. The summed E-state index contributed by atoms with van der Waals surface area (Å²) < 4.78 is 10.9. The van der Waals surface area contributed by atoms with Crippen molar-refractivity contribution in [1.29, 1.82) is 0 Å². The van der Waals surface area contributed by atoms with E-state index < -0.39 is 11.5 Å². The summed E-state index contributed by atoms with van der Waals surface area (Å²) in [5, 5.41) is 0. The van der Waals surface area contributed by atoms with Crippen molar-refractivity contribution in [2.75, 3.05) is 26.2 Å². The summed E-state index contributed by atoms with van der Waals surface area (Å²) in [7, 11) is 0. The van der Waals surface area contributed by atoms with Crippen molar-refractivity contribution in [3.05, 3.63) is 22.2 Å². The Labute approximate surface area is 122 Å². The highest BCUT2D eigenvalue weighted by atomic mass is 16.5. The van der Waals surface area contributed by atoms with Crippen LogP contribution in [0.4, 0.5) is 0 Å². The van der Waals surface area contributed by atoms with Gasteiger partial charge in [-0.25, -0.2) is 0 Å². The second kappa shape index (κ2) is 6.71. The molecule has 0 N–H and O–H groups in total. The van der Waals surface area contributed by atoms with E-state index in [0.717, 1.165) is 24.1 Å². The quantitative estimate of drug-likeness (QED) is 0.759. The summed E-state index contributed by atoms with van der Waals surface area (Å²) in [6.07, 6.45) is 1.59. The van der Waals surface area contributed by atoms with Crippen LogP contribution in [0.5, 0.6) is 0 Å². The van der Waals surface area contributed by atoms with Crippen LogP contribution in [-0.2, 0) is 9.53 Å². The third-order valence-corrected chi connectivity index (χ3v) is 3.47. The zero-order chi connectivity index (χ0) is 15.4. The van der Waals surface area contributed by atoms with Crippen LogP contribution >= 0.6 is 0 Å². The molecule has 1 saturated heterocycles. The Morgan fingerprint density at radius 1 is 1.48 bits per heavy atom. The number of carbonyl (C=O) groups excluding carboxylic acids is 2. The molecule has 7 heteroatoms. The van der Waals surface area contributed by atoms with E-state index in [1.165, 1.54) is 6.07 Å². The van der Waals surface area contributed by atoms with Crippen molar-refractivity contribution in [3.8, 4) is 0 Å². The first-order valence-corrected chi connectivity index (χ1v) is 7.13. The summed E-state index contributed by atoms with van der Waals surface area (Å²) in [6.45, 7) is 4.99. The monoisotopic (exact) mass is 296 g/mol. The van der Waals surface area contributed by atoms with Crippen LogP contribution in [0.1, 0.15) is 30.3 Å². The topological polar surface area (TPSA) is 81.8 Å².